The molecule has 0 atom stereocenters. The van der Waals surface area contributed by atoms with Crippen LogP contribution in [0.2, 0.25) is 0 Å². The molecule has 0 bridgehead atoms. The third kappa shape index (κ3) is 3.36. The van der Waals surface area contributed by atoms with Gasteiger partial charge in [-0.1, -0.05) is 12.1 Å². The Morgan fingerprint density at radius 2 is 2.04 bits per heavy atom. The fraction of sp³-hybridized carbons (Fsp3) is 0.136. The highest BCUT2D eigenvalue weighted by Crippen LogP contribution is 2.27. The van der Waals surface area contributed by atoms with Gasteiger partial charge in [0.1, 0.15) is 11.6 Å². The molecule has 28 heavy (non-hydrogen) atoms. The molecule has 0 saturated carbocycles. The van der Waals surface area contributed by atoms with Crippen molar-refractivity contribution >= 4 is 16.8 Å². The molecule has 6 heteroatoms. The Morgan fingerprint density at radius 1 is 1.18 bits per heavy atom. The van der Waals surface area contributed by atoms with E-state index >= 15 is 0 Å². The summed E-state index contributed by atoms with van der Waals surface area (Å²) in [7, 11) is 3.40. The highest BCUT2D eigenvalue weighted by atomic mass is 19.1. The number of hydrogen-bond donors (Lipinski definition) is 2. The number of aromatic amines is 1. The van der Waals surface area contributed by atoms with Gasteiger partial charge in [-0.05, 0) is 41.0 Å². The van der Waals surface area contributed by atoms with Crippen molar-refractivity contribution in [2.24, 2.45) is 7.05 Å². The van der Waals surface area contributed by atoms with Crippen LogP contribution in [-0.2, 0) is 13.6 Å². The van der Waals surface area contributed by atoms with Gasteiger partial charge in [-0.3, -0.25) is 4.79 Å². The number of ether oxygens (including phenoxy) is 1. The zero-order valence-electron chi connectivity index (χ0n) is 15.6. The molecule has 0 aliphatic rings. The van der Waals surface area contributed by atoms with Crippen LogP contribution in [0, 0.1) is 5.82 Å². The van der Waals surface area contributed by atoms with E-state index in [-0.39, 0.29) is 12.5 Å². The highest BCUT2D eigenvalue weighted by molar-refractivity contribution is 6.07. The Morgan fingerprint density at radius 3 is 2.79 bits per heavy atom. The summed E-state index contributed by atoms with van der Waals surface area (Å²) in [5.74, 6) is -0.180. The summed E-state index contributed by atoms with van der Waals surface area (Å²) in [5, 5.41) is 3.73. The smallest absolute Gasteiger partial charge is 0.253 e. The first-order chi connectivity index (χ1) is 13.5. The second-order valence-corrected chi connectivity index (χ2v) is 6.67. The van der Waals surface area contributed by atoms with Crippen molar-refractivity contribution in [2.45, 2.75) is 6.54 Å². The molecule has 0 aliphatic carbocycles. The van der Waals surface area contributed by atoms with Crippen LogP contribution in [0.4, 0.5) is 4.39 Å². The number of halogens is 1. The maximum Gasteiger partial charge on any atom is 0.253 e. The predicted octanol–water partition coefficient (Wildman–Crippen LogP) is 4.25. The van der Waals surface area contributed by atoms with Crippen LogP contribution in [0.15, 0.2) is 61.1 Å². The molecule has 0 spiro atoms. The van der Waals surface area contributed by atoms with Crippen LogP contribution in [0.5, 0.6) is 5.75 Å². The lowest BCUT2D eigenvalue weighted by Crippen LogP contribution is -2.22. The third-order valence-corrected chi connectivity index (χ3v) is 4.79. The summed E-state index contributed by atoms with van der Waals surface area (Å²) in [6.45, 7) is 0.213. The quantitative estimate of drug-likeness (QED) is 0.546. The summed E-state index contributed by atoms with van der Waals surface area (Å²) in [6.07, 6.45) is 5.63. The van der Waals surface area contributed by atoms with Crippen LogP contribution in [0.3, 0.4) is 0 Å². The molecule has 0 aliphatic heterocycles. The van der Waals surface area contributed by atoms with E-state index in [0.29, 0.717) is 16.9 Å². The first-order valence-corrected chi connectivity index (χ1v) is 8.89. The Bertz CT molecular complexity index is 1150. The molecule has 142 valence electrons. The Balaban J connectivity index is 1.58. The van der Waals surface area contributed by atoms with Gasteiger partial charge >= 0.3 is 0 Å². The average Bonchev–Trinajstić information content (AvgIpc) is 3.34. The van der Waals surface area contributed by atoms with E-state index in [4.69, 9.17) is 4.74 Å². The summed E-state index contributed by atoms with van der Waals surface area (Å²) >= 11 is 0. The number of aromatic nitrogens is 2. The Kier molecular flexibility index (Phi) is 4.61. The monoisotopic (exact) mass is 377 g/mol. The van der Waals surface area contributed by atoms with Gasteiger partial charge in [-0.2, -0.15) is 0 Å². The zero-order chi connectivity index (χ0) is 19.7. The SMILES string of the molecule is COc1cc(F)cc(CNC(=O)c2cn(C)c3cc(-c4cc[nH]c4)ccc23)c1. The van der Waals surface area contributed by atoms with E-state index in [0.717, 1.165) is 22.0 Å². The van der Waals surface area contributed by atoms with Gasteiger partial charge in [-0.15, -0.1) is 0 Å². The van der Waals surface area contributed by atoms with E-state index in [1.165, 1.54) is 19.2 Å². The van der Waals surface area contributed by atoms with Gasteiger partial charge in [0, 0.05) is 49.2 Å². The lowest BCUT2D eigenvalue weighted by molar-refractivity contribution is 0.0952. The van der Waals surface area contributed by atoms with Crippen molar-refractivity contribution < 1.29 is 13.9 Å². The Labute approximate surface area is 161 Å². The third-order valence-electron chi connectivity index (χ3n) is 4.79. The highest BCUT2D eigenvalue weighted by Gasteiger charge is 2.15. The van der Waals surface area contributed by atoms with E-state index < -0.39 is 5.82 Å². The summed E-state index contributed by atoms with van der Waals surface area (Å²) in [5.41, 5.74) is 4.36. The molecular formula is C22H20FN3O2. The van der Waals surface area contributed by atoms with Crippen molar-refractivity contribution in [3.63, 3.8) is 0 Å². The number of nitrogens with one attached hydrogen (secondary N) is 2. The van der Waals surface area contributed by atoms with Crippen molar-refractivity contribution in [3.8, 4) is 16.9 Å². The predicted molar refractivity (Wildman–Crippen MR) is 107 cm³/mol. The molecule has 2 heterocycles. The first kappa shape index (κ1) is 17.9. The maximum absolute atomic E-state index is 13.6. The van der Waals surface area contributed by atoms with Gasteiger partial charge < -0.3 is 19.6 Å². The number of methoxy groups -OCH3 is 1. The largest absolute Gasteiger partial charge is 0.497 e. The molecule has 0 fully saturated rings. The molecule has 0 radical (unpaired) electrons. The number of benzene rings is 2. The lowest BCUT2D eigenvalue weighted by atomic mass is 10.1. The lowest BCUT2D eigenvalue weighted by Gasteiger charge is -2.07. The van der Waals surface area contributed by atoms with Gasteiger partial charge in [0.05, 0.1) is 12.7 Å². The first-order valence-electron chi connectivity index (χ1n) is 8.89. The number of aryl methyl sites for hydroxylation is 1. The van der Waals surface area contributed by atoms with Crippen LogP contribution >= 0.6 is 0 Å². The average molecular weight is 377 g/mol. The summed E-state index contributed by atoms with van der Waals surface area (Å²) in [6, 6.07) is 12.4. The van der Waals surface area contributed by atoms with Crippen molar-refractivity contribution in [1.29, 1.82) is 0 Å². The fourth-order valence-corrected chi connectivity index (χ4v) is 3.37. The molecule has 2 N–H and O–H groups in total. The normalized spacial score (nSPS) is 11.0. The molecule has 2 aromatic heterocycles. The molecular weight excluding hydrogens is 357 g/mol. The summed E-state index contributed by atoms with van der Waals surface area (Å²) in [4.78, 5) is 15.8. The van der Waals surface area contributed by atoms with E-state index in [9.17, 15) is 9.18 Å². The van der Waals surface area contributed by atoms with E-state index in [1.807, 2.05) is 48.4 Å². The topological polar surface area (TPSA) is 59.0 Å². The van der Waals surface area contributed by atoms with Crippen molar-refractivity contribution in [1.82, 2.24) is 14.9 Å². The van der Waals surface area contributed by atoms with Gasteiger partial charge in [0.2, 0.25) is 0 Å². The number of amides is 1. The summed E-state index contributed by atoms with van der Waals surface area (Å²) < 4.78 is 20.6. The Hall–Kier alpha value is -3.54. The maximum atomic E-state index is 13.6. The number of hydrogen-bond acceptors (Lipinski definition) is 2. The van der Waals surface area contributed by atoms with Gasteiger partial charge in [0.15, 0.2) is 0 Å². The van der Waals surface area contributed by atoms with Crippen LogP contribution in [-0.4, -0.2) is 22.6 Å². The standard InChI is InChI=1S/C22H20FN3O2/c1-26-13-20(19-4-3-15(9-21(19)26)16-5-6-24-12-16)22(27)25-11-14-7-17(23)10-18(8-14)28-2/h3-10,12-13,24H,11H2,1-2H3,(H,25,27). The van der Waals surface area contributed by atoms with Crippen LogP contribution in [0.1, 0.15) is 15.9 Å². The van der Waals surface area contributed by atoms with E-state index in [1.54, 1.807) is 6.07 Å². The van der Waals surface area contributed by atoms with Crippen LogP contribution < -0.4 is 10.1 Å². The van der Waals surface area contributed by atoms with Crippen molar-refractivity contribution in [2.75, 3.05) is 7.11 Å². The molecule has 4 aromatic rings. The minimum absolute atomic E-state index is 0.205. The number of carbonyl (C=O) groups excluding carboxylic acids is 1. The fourth-order valence-electron chi connectivity index (χ4n) is 3.37. The minimum Gasteiger partial charge on any atom is -0.497 e. The van der Waals surface area contributed by atoms with Gasteiger partial charge in [0.25, 0.3) is 5.91 Å². The molecule has 2 aromatic carbocycles. The van der Waals surface area contributed by atoms with E-state index in [2.05, 4.69) is 16.4 Å². The number of fused-ring (bicyclic) bond motifs is 1. The number of H-pyrrole nitrogens is 1. The van der Waals surface area contributed by atoms with Crippen LogP contribution in [0.25, 0.3) is 22.0 Å². The second kappa shape index (κ2) is 7.23. The number of carbonyl (C=O) groups is 1. The number of nitrogens with zero attached hydrogens (tertiary/aromatic N) is 1. The second-order valence-electron chi connectivity index (χ2n) is 6.67. The molecule has 4 rings (SSSR count). The molecule has 0 unspecified atom stereocenters. The molecule has 5 nitrogen and oxygen atoms in total. The van der Waals surface area contributed by atoms with Crippen molar-refractivity contribution in [3.05, 3.63) is 78.0 Å². The number of rotatable bonds is 5. The minimum atomic E-state index is -0.397. The molecule has 0 saturated heterocycles. The zero-order valence-corrected chi connectivity index (χ0v) is 15.6. The molecule has 1 amide bonds. The van der Waals surface area contributed by atoms with Gasteiger partial charge in [-0.25, -0.2) is 4.39 Å².